The quantitative estimate of drug-likeness (QED) is 0.894. The van der Waals surface area contributed by atoms with E-state index in [-0.39, 0.29) is 10.5 Å². The molecule has 1 aliphatic heterocycles. The molecule has 2 N–H and O–H groups in total. The van der Waals surface area contributed by atoms with Gasteiger partial charge >= 0.3 is 0 Å². The van der Waals surface area contributed by atoms with Gasteiger partial charge in [-0.3, -0.25) is 0 Å². The Bertz CT molecular complexity index is 919. The third-order valence-corrected chi connectivity index (χ3v) is 5.69. The molecule has 2 aromatic rings. The molecule has 3 rings (SSSR count). The summed E-state index contributed by atoms with van der Waals surface area (Å²) in [6.07, 6.45) is 2.69. The van der Waals surface area contributed by atoms with Gasteiger partial charge in [0.2, 0.25) is 10.0 Å². The smallest absolute Gasteiger partial charge is 0.238 e. The number of halogens is 1. The number of benzene rings is 1. The van der Waals surface area contributed by atoms with Gasteiger partial charge < -0.3 is 4.90 Å². The lowest BCUT2D eigenvalue weighted by molar-refractivity contribution is 0.598. The second-order valence-electron chi connectivity index (χ2n) is 4.47. The fourth-order valence-corrected chi connectivity index (χ4v) is 4.44. The van der Waals surface area contributed by atoms with Crippen LogP contribution in [-0.2, 0) is 10.0 Å². The van der Waals surface area contributed by atoms with Crippen LogP contribution in [0.3, 0.4) is 0 Å². The molecule has 0 saturated heterocycles. The second kappa shape index (κ2) is 5.93. The average molecular weight is 368 g/mol. The molecule has 118 valence electrons. The summed E-state index contributed by atoms with van der Waals surface area (Å²) >= 11 is 1.98. The van der Waals surface area contributed by atoms with Gasteiger partial charge in [-0.25, -0.2) is 18.5 Å². The normalized spacial score (nSPS) is 17.9. The summed E-state index contributed by atoms with van der Waals surface area (Å²) in [7, 11) is -4.01. The number of hydrogen-bond acceptors (Lipinski definition) is 7. The predicted molar refractivity (Wildman–Crippen MR) is 87.6 cm³/mol. The molecule has 0 aliphatic carbocycles. The van der Waals surface area contributed by atoms with Crippen LogP contribution in [-0.4, -0.2) is 18.8 Å². The van der Waals surface area contributed by atoms with E-state index in [9.17, 15) is 18.1 Å². The maximum atomic E-state index is 13.6. The summed E-state index contributed by atoms with van der Waals surface area (Å²) < 4.78 is 37.4. The minimum absolute atomic E-state index is 0.118. The Morgan fingerprint density at radius 3 is 2.83 bits per heavy atom. The van der Waals surface area contributed by atoms with E-state index < -0.39 is 20.6 Å². The predicted octanol–water partition coefficient (Wildman–Crippen LogP) is 2.63. The Labute approximate surface area is 140 Å². The Morgan fingerprint density at radius 2 is 2.22 bits per heavy atom. The van der Waals surface area contributed by atoms with E-state index in [0.29, 0.717) is 10.7 Å². The third kappa shape index (κ3) is 2.96. The minimum atomic E-state index is -4.01. The largest absolute Gasteiger partial charge is 0.318 e. The molecule has 10 heteroatoms. The van der Waals surface area contributed by atoms with Gasteiger partial charge in [0.15, 0.2) is 10.5 Å². The summed E-state index contributed by atoms with van der Waals surface area (Å²) in [4.78, 5) is 5.39. The zero-order chi connectivity index (χ0) is 16.6. The molecule has 0 radical (unpaired) electrons. The molecule has 1 aromatic carbocycles. The van der Waals surface area contributed by atoms with Crippen LogP contribution in [0.4, 0.5) is 10.1 Å². The van der Waals surface area contributed by atoms with Crippen LogP contribution in [0.15, 0.2) is 46.0 Å². The van der Waals surface area contributed by atoms with Crippen molar-refractivity contribution < 1.29 is 12.8 Å². The fourth-order valence-electron chi connectivity index (χ4n) is 2.19. The molecule has 1 atom stereocenters. The van der Waals surface area contributed by atoms with Gasteiger partial charge in [-0.2, -0.15) is 9.65 Å². The fraction of sp³-hybridized carbons (Fsp3) is 0.0769. The van der Waals surface area contributed by atoms with E-state index in [2.05, 4.69) is 4.98 Å². The zero-order valence-electron chi connectivity index (χ0n) is 11.4. The Morgan fingerprint density at radius 1 is 1.43 bits per heavy atom. The number of nitrogens with zero attached hydrogens (tertiary/aromatic N) is 3. The molecule has 23 heavy (non-hydrogen) atoms. The van der Waals surface area contributed by atoms with Gasteiger partial charge in [-0.1, -0.05) is 17.8 Å². The number of sulfonamides is 1. The maximum absolute atomic E-state index is 13.6. The number of thioether (sulfide) groups is 1. The Hall–Kier alpha value is -1.93. The number of nitriles is 1. The minimum Gasteiger partial charge on any atom is -0.318 e. The number of primary sulfonamides is 1. The zero-order valence-corrected chi connectivity index (χ0v) is 13.8. The van der Waals surface area contributed by atoms with Gasteiger partial charge in [-0.05, 0) is 12.1 Å². The highest BCUT2D eigenvalue weighted by molar-refractivity contribution is 8.04. The standard InChI is InChI=1S/C13H9FN4O2S3/c14-10-7-18(11(6-15)22-10)8-2-1-3-9(23(16,19)20)12(8)13-17-4-5-21-13/h1-5,7,11H,(H2,16,19,20). The van der Waals surface area contributed by atoms with Gasteiger partial charge in [-0.15, -0.1) is 11.3 Å². The SMILES string of the molecule is N#CC1SC(F)=CN1c1cccc(S(N)(=O)=O)c1-c1nccs1. The highest BCUT2D eigenvalue weighted by Crippen LogP contribution is 2.43. The van der Waals surface area contributed by atoms with Crippen LogP contribution < -0.4 is 10.0 Å². The van der Waals surface area contributed by atoms with Crippen molar-refractivity contribution in [2.45, 2.75) is 10.3 Å². The molecule has 0 spiro atoms. The number of rotatable bonds is 3. The van der Waals surface area contributed by atoms with Gasteiger partial charge in [0.1, 0.15) is 5.01 Å². The molecule has 1 unspecified atom stereocenters. The molecule has 1 aromatic heterocycles. The molecule has 2 heterocycles. The number of hydrogen-bond donors (Lipinski definition) is 1. The molecular formula is C13H9FN4O2S3. The molecule has 1 aliphatic rings. The summed E-state index contributed by atoms with van der Waals surface area (Å²) in [6, 6.07) is 6.43. The number of nitrogens with two attached hydrogens (primary N) is 1. The first-order valence-electron chi connectivity index (χ1n) is 6.19. The second-order valence-corrected chi connectivity index (χ2v) is 7.97. The van der Waals surface area contributed by atoms with Crippen LogP contribution in [0.5, 0.6) is 0 Å². The topological polar surface area (TPSA) is 100 Å². The van der Waals surface area contributed by atoms with Crippen molar-refractivity contribution in [2.24, 2.45) is 5.14 Å². The van der Waals surface area contributed by atoms with Gasteiger partial charge in [0.05, 0.1) is 22.2 Å². The van der Waals surface area contributed by atoms with Crippen molar-refractivity contribution in [1.29, 1.82) is 5.26 Å². The lowest BCUT2D eigenvalue weighted by Crippen LogP contribution is -2.24. The Balaban J connectivity index is 2.29. The Kier molecular flexibility index (Phi) is 4.11. The van der Waals surface area contributed by atoms with Crippen molar-refractivity contribution in [3.8, 4) is 16.6 Å². The average Bonchev–Trinajstić information content (AvgIpc) is 3.14. The van der Waals surface area contributed by atoms with E-state index in [1.165, 1.54) is 34.6 Å². The van der Waals surface area contributed by atoms with E-state index in [4.69, 9.17) is 5.14 Å². The molecule has 6 nitrogen and oxygen atoms in total. The molecule has 0 fully saturated rings. The van der Waals surface area contributed by atoms with E-state index in [1.807, 2.05) is 6.07 Å². The lowest BCUT2D eigenvalue weighted by atomic mass is 10.1. The van der Waals surface area contributed by atoms with Crippen LogP contribution in [0.1, 0.15) is 0 Å². The van der Waals surface area contributed by atoms with E-state index >= 15 is 0 Å². The summed E-state index contributed by atoms with van der Waals surface area (Å²) in [6.45, 7) is 0. The van der Waals surface area contributed by atoms with Gasteiger partial charge in [0, 0.05) is 17.8 Å². The number of anilines is 1. The lowest BCUT2D eigenvalue weighted by Gasteiger charge is -2.22. The first-order valence-corrected chi connectivity index (χ1v) is 9.50. The summed E-state index contributed by atoms with van der Waals surface area (Å²) in [5.41, 5.74) is 0.620. The molecule has 0 saturated carbocycles. The van der Waals surface area contributed by atoms with Crippen molar-refractivity contribution in [3.63, 3.8) is 0 Å². The van der Waals surface area contributed by atoms with Crippen molar-refractivity contribution >= 4 is 38.8 Å². The molecule has 0 amide bonds. The van der Waals surface area contributed by atoms with Crippen LogP contribution in [0.2, 0.25) is 0 Å². The van der Waals surface area contributed by atoms with E-state index in [1.54, 1.807) is 11.4 Å². The summed E-state index contributed by atoms with van der Waals surface area (Å²) in [5, 5.41) is 15.3. The number of thiazole rings is 1. The van der Waals surface area contributed by atoms with Gasteiger partial charge in [0.25, 0.3) is 0 Å². The monoisotopic (exact) mass is 368 g/mol. The van der Waals surface area contributed by atoms with Crippen molar-refractivity contribution in [3.05, 3.63) is 41.1 Å². The highest BCUT2D eigenvalue weighted by Gasteiger charge is 2.31. The third-order valence-electron chi connectivity index (χ3n) is 3.06. The maximum Gasteiger partial charge on any atom is 0.238 e. The molecule has 0 bridgehead atoms. The molecular weight excluding hydrogens is 359 g/mol. The van der Waals surface area contributed by atoms with Crippen LogP contribution >= 0.6 is 23.1 Å². The van der Waals surface area contributed by atoms with E-state index in [0.717, 1.165) is 18.0 Å². The summed E-state index contributed by atoms with van der Waals surface area (Å²) in [5.74, 6) is 0. The van der Waals surface area contributed by atoms with Crippen LogP contribution in [0.25, 0.3) is 10.6 Å². The first kappa shape index (κ1) is 15.9. The van der Waals surface area contributed by atoms with Crippen LogP contribution in [0, 0.1) is 11.3 Å². The number of aromatic nitrogens is 1. The highest BCUT2D eigenvalue weighted by atomic mass is 32.2. The first-order chi connectivity index (χ1) is 10.9. The van der Waals surface area contributed by atoms with Crippen molar-refractivity contribution in [1.82, 2.24) is 4.98 Å². The van der Waals surface area contributed by atoms with Crippen molar-refractivity contribution in [2.75, 3.05) is 4.90 Å².